The molecule has 120 valence electrons. The number of benzene rings is 1. The highest BCUT2D eigenvalue weighted by Crippen LogP contribution is 2.19. The molecule has 0 radical (unpaired) electrons. The normalized spacial score (nSPS) is 10.4. The van der Waals surface area contributed by atoms with Crippen molar-refractivity contribution in [2.45, 2.75) is 6.92 Å². The summed E-state index contributed by atoms with van der Waals surface area (Å²) < 4.78 is 0. The molecule has 7 heteroatoms. The van der Waals surface area contributed by atoms with Crippen LogP contribution in [0.5, 0.6) is 0 Å². The van der Waals surface area contributed by atoms with Gasteiger partial charge in [-0.15, -0.1) is 0 Å². The maximum absolute atomic E-state index is 11.9. The van der Waals surface area contributed by atoms with E-state index in [1.807, 2.05) is 30.3 Å². The second-order valence-electron chi connectivity index (χ2n) is 5.17. The lowest BCUT2D eigenvalue weighted by molar-refractivity contribution is -0.124. The van der Waals surface area contributed by atoms with Gasteiger partial charge in [-0.1, -0.05) is 30.3 Å². The summed E-state index contributed by atoms with van der Waals surface area (Å²) in [6.07, 6.45) is 1.68. The van der Waals surface area contributed by atoms with Crippen molar-refractivity contribution in [3.8, 4) is 11.3 Å². The fraction of sp³-hybridized carbons (Fsp3) is 0.118. The van der Waals surface area contributed by atoms with E-state index in [0.717, 1.165) is 10.5 Å². The molecule has 0 aliphatic carbocycles. The van der Waals surface area contributed by atoms with Gasteiger partial charge in [0.25, 0.3) is 0 Å². The summed E-state index contributed by atoms with van der Waals surface area (Å²) >= 11 is 0. The summed E-state index contributed by atoms with van der Waals surface area (Å²) in [6.45, 7) is 1.31. The lowest BCUT2D eigenvalue weighted by Gasteiger charge is -2.13. The van der Waals surface area contributed by atoms with E-state index in [1.165, 1.54) is 14.0 Å². The predicted molar refractivity (Wildman–Crippen MR) is 90.2 cm³/mol. The van der Waals surface area contributed by atoms with Gasteiger partial charge in [-0.05, 0) is 12.1 Å². The molecule has 0 fully saturated rings. The number of urea groups is 1. The second kappa shape index (κ2) is 6.41. The van der Waals surface area contributed by atoms with Crippen molar-refractivity contribution in [1.29, 1.82) is 0 Å². The van der Waals surface area contributed by atoms with Crippen molar-refractivity contribution < 1.29 is 9.59 Å². The summed E-state index contributed by atoms with van der Waals surface area (Å²) in [7, 11) is 1.39. The number of nitrogens with one attached hydrogen (secondary N) is 1. The highest BCUT2D eigenvalue weighted by atomic mass is 16.2. The smallest absolute Gasteiger partial charge is 0.292 e. The second-order valence-corrected chi connectivity index (χ2v) is 5.17. The number of anilines is 1. The number of fused-ring (bicyclic) bond motifs is 1. The van der Waals surface area contributed by atoms with Gasteiger partial charge >= 0.3 is 6.03 Å². The molecule has 3 amide bonds. The molecule has 0 saturated carbocycles. The predicted octanol–water partition coefficient (Wildman–Crippen LogP) is 2.70. The minimum absolute atomic E-state index is 0.306. The number of nitrogens with zero attached hydrogens (tertiary/aromatic N) is 4. The number of amides is 3. The first-order valence-electron chi connectivity index (χ1n) is 7.29. The Kier molecular flexibility index (Phi) is 4.15. The molecule has 0 aliphatic rings. The van der Waals surface area contributed by atoms with Crippen LogP contribution in [0.25, 0.3) is 22.4 Å². The summed E-state index contributed by atoms with van der Waals surface area (Å²) in [5.41, 5.74) is 2.66. The van der Waals surface area contributed by atoms with Crippen LogP contribution in [-0.4, -0.2) is 38.8 Å². The van der Waals surface area contributed by atoms with Crippen LogP contribution in [0.4, 0.5) is 10.6 Å². The Labute approximate surface area is 138 Å². The van der Waals surface area contributed by atoms with Gasteiger partial charge in [0.2, 0.25) is 5.91 Å². The third kappa shape index (κ3) is 3.19. The average Bonchev–Trinajstić information content (AvgIpc) is 2.61. The number of hydrogen-bond donors (Lipinski definition) is 1. The van der Waals surface area contributed by atoms with Gasteiger partial charge in [-0.3, -0.25) is 20.0 Å². The van der Waals surface area contributed by atoms with E-state index in [-0.39, 0.29) is 5.91 Å². The molecular weight excluding hydrogens is 306 g/mol. The van der Waals surface area contributed by atoms with Crippen LogP contribution in [0.1, 0.15) is 6.92 Å². The van der Waals surface area contributed by atoms with Crippen molar-refractivity contribution in [3.05, 3.63) is 48.7 Å². The summed E-state index contributed by atoms with van der Waals surface area (Å²) in [5.74, 6) is -0.0560. The number of carbonyl (C=O) groups excluding carboxylic acids is 2. The Morgan fingerprint density at radius 3 is 2.50 bits per heavy atom. The molecule has 0 spiro atoms. The van der Waals surface area contributed by atoms with Crippen LogP contribution in [0.3, 0.4) is 0 Å². The van der Waals surface area contributed by atoms with E-state index < -0.39 is 6.03 Å². The van der Waals surface area contributed by atoms with Crippen molar-refractivity contribution in [2.24, 2.45) is 0 Å². The van der Waals surface area contributed by atoms with Gasteiger partial charge in [0.15, 0.2) is 5.65 Å². The zero-order valence-electron chi connectivity index (χ0n) is 13.2. The van der Waals surface area contributed by atoms with Gasteiger partial charge in [-0.25, -0.2) is 14.8 Å². The zero-order chi connectivity index (χ0) is 17.1. The standard InChI is InChI=1S/C17H15N5O2/c1-11(23)22(2)17(24)21-15-9-8-13-16(20-15)19-14(10-18-13)12-6-4-3-5-7-12/h3-10H,1-2H3,(H,19,20,21,24). The maximum Gasteiger partial charge on any atom is 0.329 e. The van der Waals surface area contributed by atoms with Crippen LogP contribution >= 0.6 is 0 Å². The first-order valence-corrected chi connectivity index (χ1v) is 7.29. The molecule has 3 rings (SSSR count). The molecule has 0 atom stereocenters. The fourth-order valence-corrected chi connectivity index (χ4v) is 2.05. The number of rotatable bonds is 2. The highest BCUT2D eigenvalue weighted by Gasteiger charge is 2.13. The molecule has 2 heterocycles. The number of imide groups is 1. The Morgan fingerprint density at radius 2 is 1.79 bits per heavy atom. The SMILES string of the molecule is CC(=O)N(C)C(=O)Nc1ccc2ncc(-c3ccccc3)nc2n1. The molecule has 1 aromatic carbocycles. The molecule has 24 heavy (non-hydrogen) atoms. The Morgan fingerprint density at radius 1 is 1.04 bits per heavy atom. The van der Waals surface area contributed by atoms with Crippen LogP contribution < -0.4 is 5.32 Å². The quantitative estimate of drug-likeness (QED) is 0.784. The molecule has 0 unspecified atom stereocenters. The minimum Gasteiger partial charge on any atom is -0.292 e. The Balaban J connectivity index is 1.92. The van der Waals surface area contributed by atoms with Crippen molar-refractivity contribution in [1.82, 2.24) is 19.9 Å². The fourth-order valence-electron chi connectivity index (χ4n) is 2.05. The van der Waals surface area contributed by atoms with Gasteiger partial charge < -0.3 is 0 Å². The number of hydrogen-bond acceptors (Lipinski definition) is 5. The summed E-state index contributed by atoms with van der Waals surface area (Å²) in [4.78, 5) is 37.2. The van der Waals surface area contributed by atoms with Crippen LogP contribution in [0.15, 0.2) is 48.7 Å². The van der Waals surface area contributed by atoms with E-state index in [4.69, 9.17) is 0 Å². The van der Waals surface area contributed by atoms with Crippen molar-refractivity contribution in [2.75, 3.05) is 12.4 Å². The number of pyridine rings is 1. The zero-order valence-corrected chi connectivity index (χ0v) is 13.2. The molecule has 2 aromatic heterocycles. The first-order chi connectivity index (χ1) is 11.5. The van der Waals surface area contributed by atoms with Gasteiger partial charge in [0.05, 0.1) is 11.9 Å². The van der Waals surface area contributed by atoms with Gasteiger partial charge in [0, 0.05) is 19.5 Å². The summed E-state index contributed by atoms with van der Waals surface area (Å²) in [6, 6.07) is 12.4. The number of carbonyl (C=O) groups is 2. The molecule has 1 N–H and O–H groups in total. The number of aromatic nitrogens is 3. The third-order valence-corrected chi connectivity index (χ3v) is 3.49. The Hall–Kier alpha value is -3.35. The van der Waals surface area contributed by atoms with Crippen LogP contribution in [0.2, 0.25) is 0 Å². The largest absolute Gasteiger partial charge is 0.329 e. The average molecular weight is 321 g/mol. The van der Waals surface area contributed by atoms with E-state index in [0.29, 0.717) is 22.7 Å². The van der Waals surface area contributed by atoms with Crippen LogP contribution in [-0.2, 0) is 4.79 Å². The van der Waals surface area contributed by atoms with Crippen molar-refractivity contribution in [3.63, 3.8) is 0 Å². The van der Waals surface area contributed by atoms with Crippen LogP contribution in [0, 0.1) is 0 Å². The van der Waals surface area contributed by atoms with Gasteiger partial charge in [0.1, 0.15) is 11.3 Å². The third-order valence-electron chi connectivity index (χ3n) is 3.49. The molecule has 7 nitrogen and oxygen atoms in total. The highest BCUT2D eigenvalue weighted by molar-refractivity contribution is 6.00. The monoisotopic (exact) mass is 321 g/mol. The molecule has 0 bridgehead atoms. The molecule has 0 saturated heterocycles. The lowest BCUT2D eigenvalue weighted by Crippen LogP contribution is -2.35. The maximum atomic E-state index is 11.9. The topological polar surface area (TPSA) is 88.1 Å². The lowest BCUT2D eigenvalue weighted by atomic mass is 10.2. The minimum atomic E-state index is -0.554. The van der Waals surface area contributed by atoms with E-state index in [1.54, 1.807) is 18.3 Å². The van der Waals surface area contributed by atoms with Gasteiger partial charge in [-0.2, -0.15) is 0 Å². The Bertz CT molecular complexity index is 911. The van der Waals surface area contributed by atoms with E-state index in [2.05, 4.69) is 20.3 Å². The summed E-state index contributed by atoms with van der Waals surface area (Å²) in [5, 5.41) is 2.56. The molecule has 3 aromatic rings. The van der Waals surface area contributed by atoms with E-state index >= 15 is 0 Å². The first kappa shape index (κ1) is 15.5. The van der Waals surface area contributed by atoms with E-state index in [9.17, 15) is 9.59 Å². The molecular formula is C17H15N5O2. The molecule has 0 aliphatic heterocycles. The van der Waals surface area contributed by atoms with Crippen molar-refractivity contribution >= 4 is 28.9 Å².